The van der Waals surface area contributed by atoms with Gasteiger partial charge in [-0.25, -0.2) is 0 Å². The SMILES string of the molecule is CC(=S)OCCCCC(O)c1cccnc1. The van der Waals surface area contributed by atoms with Gasteiger partial charge in [-0.1, -0.05) is 6.07 Å². The van der Waals surface area contributed by atoms with E-state index in [1.54, 1.807) is 19.3 Å². The van der Waals surface area contributed by atoms with Crippen LogP contribution < -0.4 is 0 Å². The van der Waals surface area contributed by atoms with Gasteiger partial charge in [0.15, 0.2) is 5.05 Å². The summed E-state index contributed by atoms with van der Waals surface area (Å²) in [5, 5.41) is 10.4. The zero-order chi connectivity index (χ0) is 11.8. The van der Waals surface area contributed by atoms with E-state index in [0.29, 0.717) is 11.7 Å². The third-order valence-corrected chi connectivity index (χ3v) is 2.36. The van der Waals surface area contributed by atoms with E-state index in [9.17, 15) is 5.11 Å². The highest BCUT2D eigenvalue weighted by Gasteiger charge is 2.06. The first kappa shape index (κ1) is 13.1. The maximum absolute atomic E-state index is 9.82. The van der Waals surface area contributed by atoms with Crippen molar-refractivity contribution in [1.29, 1.82) is 0 Å². The van der Waals surface area contributed by atoms with Crippen molar-refractivity contribution >= 4 is 17.3 Å². The lowest BCUT2D eigenvalue weighted by Gasteiger charge is -2.10. The minimum Gasteiger partial charge on any atom is -0.487 e. The number of pyridine rings is 1. The molecule has 1 atom stereocenters. The zero-order valence-electron chi connectivity index (χ0n) is 9.43. The van der Waals surface area contributed by atoms with Crippen molar-refractivity contribution in [2.24, 2.45) is 0 Å². The number of rotatable bonds is 6. The molecule has 0 aliphatic heterocycles. The quantitative estimate of drug-likeness (QED) is 0.612. The lowest BCUT2D eigenvalue weighted by Crippen LogP contribution is -2.01. The van der Waals surface area contributed by atoms with E-state index in [1.807, 2.05) is 12.1 Å². The summed E-state index contributed by atoms with van der Waals surface area (Å²) in [5.74, 6) is 0. The first-order valence-corrected chi connectivity index (χ1v) is 5.82. The number of aromatic nitrogens is 1. The van der Waals surface area contributed by atoms with Crippen LogP contribution in [0.3, 0.4) is 0 Å². The van der Waals surface area contributed by atoms with Crippen molar-refractivity contribution in [1.82, 2.24) is 4.98 Å². The van der Waals surface area contributed by atoms with Crippen LogP contribution >= 0.6 is 12.2 Å². The van der Waals surface area contributed by atoms with Gasteiger partial charge in [-0.15, -0.1) is 0 Å². The second-order valence-electron chi connectivity index (χ2n) is 3.64. The predicted octanol–water partition coefficient (Wildman–Crippen LogP) is 2.65. The lowest BCUT2D eigenvalue weighted by atomic mass is 10.1. The summed E-state index contributed by atoms with van der Waals surface area (Å²) in [5.41, 5.74) is 0.870. The van der Waals surface area contributed by atoms with E-state index < -0.39 is 6.10 Å². The number of hydrogen-bond donors (Lipinski definition) is 1. The third-order valence-electron chi connectivity index (χ3n) is 2.25. The summed E-state index contributed by atoms with van der Waals surface area (Å²) in [6, 6.07) is 3.71. The van der Waals surface area contributed by atoms with E-state index in [0.717, 1.165) is 24.8 Å². The van der Waals surface area contributed by atoms with Crippen LogP contribution in [0.2, 0.25) is 0 Å². The lowest BCUT2D eigenvalue weighted by molar-refractivity contribution is 0.160. The van der Waals surface area contributed by atoms with E-state index in [1.165, 1.54) is 0 Å². The average Bonchev–Trinajstić information content (AvgIpc) is 2.29. The monoisotopic (exact) mass is 239 g/mol. The highest BCUT2D eigenvalue weighted by atomic mass is 32.1. The first-order chi connectivity index (χ1) is 7.70. The van der Waals surface area contributed by atoms with E-state index in [4.69, 9.17) is 17.0 Å². The van der Waals surface area contributed by atoms with Crippen LogP contribution in [0.4, 0.5) is 0 Å². The summed E-state index contributed by atoms with van der Waals surface area (Å²) in [7, 11) is 0. The van der Waals surface area contributed by atoms with Crippen molar-refractivity contribution in [3.8, 4) is 0 Å². The highest BCUT2D eigenvalue weighted by Crippen LogP contribution is 2.17. The zero-order valence-corrected chi connectivity index (χ0v) is 10.2. The maximum atomic E-state index is 9.82. The standard InChI is InChI=1S/C12H17NO2S/c1-10(16)15-8-3-2-6-12(14)11-5-4-7-13-9-11/h4-5,7,9,12,14H,2-3,6,8H2,1H3. The molecule has 0 fully saturated rings. The van der Waals surface area contributed by atoms with Crippen molar-refractivity contribution in [2.45, 2.75) is 32.3 Å². The fourth-order valence-corrected chi connectivity index (χ4v) is 1.48. The van der Waals surface area contributed by atoms with Gasteiger partial charge in [0.1, 0.15) is 0 Å². The molecule has 88 valence electrons. The minimum atomic E-state index is -0.428. The van der Waals surface area contributed by atoms with Crippen molar-refractivity contribution in [3.05, 3.63) is 30.1 Å². The molecular formula is C12H17NO2S. The Morgan fingerprint density at radius 1 is 1.56 bits per heavy atom. The van der Waals surface area contributed by atoms with Gasteiger partial charge in [0.2, 0.25) is 0 Å². The molecular weight excluding hydrogens is 222 g/mol. The Balaban J connectivity index is 2.16. The fourth-order valence-electron chi connectivity index (χ4n) is 1.40. The van der Waals surface area contributed by atoms with Gasteiger partial charge >= 0.3 is 0 Å². The fraction of sp³-hybridized carbons (Fsp3) is 0.500. The normalized spacial score (nSPS) is 12.1. The van der Waals surface area contributed by atoms with Gasteiger partial charge < -0.3 is 9.84 Å². The molecule has 16 heavy (non-hydrogen) atoms. The number of aliphatic hydroxyl groups is 1. The summed E-state index contributed by atoms with van der Waals surface area (Å²) < 4.78 is 5.17. The van der Waals surface area contributed by atoms with Crippen LogP contribution in [0.1, 0.15) is 37.9 Å². The molecule has 1 unspecified atom stereocenters. The smallest absolute Gasteiger partial charge is 0.156 e. The average molecular weight is 239 g/mol. The van der Waals surface area contributed by atoms with E-state index in [-0.39, 0.29) is 0 Å². The number of ether oxygens (including phenoxy) is 1. The molecule has 0 saturated heterocycles. The van der Waals surface area contributed by atoms with Crippen LogP contribution in [0.25, 0.3) is 0 Å². The molecule has 3 nitrogen and oxygen atoms in total. The van der Waals surface area contributed by atoms with Gasteiger partial charge in [0, 0.05) is 19.3 Å². The van der Waals surface area contributed by atoms with Gasteiger partial charge in [0.05, 0.1) is 12.7 Å². The molecule has 4 heteroatoms. The number of hydrogen-bond acceptors (Lipinski definition) is 4. The molecule has 0 saturated carbocycles. The number of thiocarbonyl (C=S) groups is 1. The van der Waals surface area contributed by atoms with Crippen LogP contribution in [0, 0.1) is 0 Å². The highest BCUT2D eigenvalue weighted by molar-refractivity contribution is 7.80. The number of nitrogens with zero attached hydrogens (tertiary/aromatic N) is 1. The largest absolute Gasteiger partial charge is 0.487 e. The van der Waals surface area contributed by atoms with Crippen LogP contribution in [-0.4, -0.2) is 21.7 Å². The van der Waals surface area contributed by atoms with Crippen LogP contribution in [0.5, 0.6) is 0 Å². The molecule has 0 bridgehead atoms. The molecule has 0 radical (unpaired) electrons. The molecule has 0 spiro atoms. The Kier molecular flexibility index (Phi) is 5.96. The molecule has 1 heterocycles. The van der Waals surface area contributed by atoms with Gasteiger partial charge in [-0.05, 0) is 43.1 Å². The number of aliphatic hydroxyl groups excluding tert-OH is 1. The predicted molar refractivity (Wildman–Crippen MR) is 67.3 cm³/mol. The molecule has 1 N–H and O–H groups in total. The summed E-state index contributed by atoms with van der Waals surface area (Å²) in [6.45, 7) is 2.40. The third kappa shape index (κ3) is 5.19. The van der Waals surface area contributed by atoms with E-state index in [2.05, 4.69) is 4.98 Å². The van der Waals surface area contributed by atoms with Crippen molar-refractivity contribution < 1.29 is 9.84 Å². The minimum absolute atomic E-state index is 0.428. The second kappa shape index (κ2) is 7.30. The topological polar surface area (TPSA) is 42.4 Å². The summed E-state index contributed by atoms with van der Waals surface area (Å²) in [4.78, 5) is 3.97. The van der Waals surface area contributed by atoms with Crippen molar-refractivity contribution in [3.63, 3.8) is 0 Å². The van der Waals surface area contributed by atoms with Gasteiger partial charge in [0.25, 0.3) is 0 Å². The number of unbranched alkanes of at least 4 members (excludes halogenated alkanes) is 1. The first-order valence-electron chi connectivity index (χ1n) is 5.41. The molecule has 1 rings (SSSR count). The Bertz CT molecular complexity index is 316. The Hall–Kier alpha value is -1.00. The molecule has 0 aliphatic rings. The van der Waals surface area contributed by atoms with Gasteiger partial charge in [-0.3, -0.25) is 4.98 Å². The Labute approximate surface area is 101 Å². The Morgan fingerprint density at radius 3 is 3.00 bits per heavy atom. The second-order valence-corrected chi connectivity index (χ2v) is 4.21. The Morgan fingerprint density at radius 2 is 2.38 bits per heavy atom. The van der Waals surface area contributed by atoms with E-state index >= 15 is 0 Å². The summed E-state index contributed by atoms with van der Waals surface area (Å²) in [6.07, 6.45) is 5.52. The van der Waals surface area contributed by atoms with Crippen LogP contribution in [-0.2, 0) is 4.74 Å². The molecule has 1 aromatic rings. The molecule has 1 aromatic heterocycles. The van der Waals surface area contributed by atoms with Crippen LogP contribution in [0.15, 0.2) is 24.5 Å². The molecule has 0 aliphatic carbocycles. The van der Waals surface area contributed by atoms with Crippen molar-refractivity contribution in [2.75, 3.05) is 6.61 Å². The molecule has 0 aromatic carbocycles. The van der Waals surface area contributed by atoms with Gasteiger partial charge in [-0.2, -0.15) is 0 Å². The molecule has 0 amide bonds. The maximum Gasteiger partial charge on any atom is 0.156 e. The summed E-state index contributed by atoms with van der Waals surface area (Å²) >= 11 is 4.79.